The number of halogens is 1. The molecule has 0 amide bonds. The first-order chi connectivity index (χ1) is 9.98. The lowest BCUT2D eigenvalue weighted by atomic mass is 10.4. The Morgan fingerprint density at radius 1 is 1.38 bits per heavy atom. The highest BCUT2D eigenvalue weighted by molar-refractivity contribution is 7.89. The van der Waals surface area contributed by atoms with Crippen molar-refractivity contribution in [1.29, 1.82) is 0 Å². The Bertz CT molecular complexity index is 753. The smallest absolute Gasteiger partial charge is 0.264 e. The van der Waals surface area contributed by atoms with Crippen molar-refractivity contribution in [1.82, 2.24) is 9.29 Å². The molecule has 2 heterocycles. The van der Waals surface area contributed by atoms with E-state index in [1.54, 1.807) is 19.1 Å². The number of nitrogens with zero attached hydrogens (tertiary/aromatic N) is 2. The van der Waals surface area contributed by atoms with E-state index in [4.69, 9.17) is 4.42 Å². The van der Waals surface area contributed by atoms with E-state index in [2.05, 4.69) is 4.98 Å². The van der Waals surface area contributed by atoms with Gasteiger partial charge in [0.25, 0.3) is 10.0 Å². The normalized spacial score (nSPS) is 15.6. The minimum atomic E-state index is -3.97. The van der Waals surface area contributed by atoms with Crippen LogP contribution in [0.4, 0.5) is 4.39 Å². The first-order valence-electron chi connectivity index (χ1n) is 6.66. The average molecular weight is 310 g/mol. The van der Waals surface area contributed by atoms with Crippen molar-refractivity contribution in [3.63, 3.8) is 0 Å². The van der Waals surface area contributed by atoms with Crippen molar-refractivity contribution in [3.05, 3.63) is 47.8 Å². The van der Waals surface area contributed by atoms with Gasteiger partial charge in [0.1, 0.15) is 11.5 Å². The van der Waals surface area contributed by atoms with E-state index >= 15 is 0 Å². The number of hydrogen-bond donors (Lipinski definition) is 0. The number of aryl methyl sites for hydroxylation is 1. The fraction of sp³-hybridized carbons (Fsp3) is 0.357. The van der Waals surface area contributed by atoms with Gasteiger partial charge in [0.05, 0.1) is 6.54 Å². The Labute approximate surface area is 122 Å². The third kappa shape index (κ3) is 2.84. The summed E-state index contributed by atoms with van der Waals surface area (Å²) >= 11 is 0. The van der Waals surface area contributed by atoms with Crippen LogP contribution in [0, 0.1) is 12.7 Å². The van der Waals surface area contributed by atoms with Crippen LogP contribution in [-0.2, 0) is 16.6 Å². The van der Waals surface area contributed by atoms with Gasteiger partial charge in [-0.15, -0.1) is 0 Å². The van der Waals surface area contributed by atoms with Crippen LogP contribution >= 0.6 is 0 Å². The predicted molar refractivity (Wildman–Crippen MR) is 73.4 cm³/mol. The summed E-state index contributed by atoms with van der Waals surface area (Å²) in [5, 5.41) is -0.528. The lowest BCUT2D eigenvalue weighted by Gasteiger charge is -2.20. The van der Waals surface area contributed by atoms with Crippen molar-refractivity contribution >= 4 is 10.0 Å². The van der Waals surface area contributed by atoms with Gasteiger partial charge in [-0.1, -0.05) is 0 Å². The molecule has 112 valence electrons. The quantitative estimate of drug-likeness (QED) is 0.851. The molecule has 0 aromatic carbocycles. The molecule has 1 aliphatic carbocycles. The van der Waals surface area contributed by atoms with Crippen molar-refractivity contribution in [2.75, 3.05) is 0 Å². The zero-order chi connectivity index (χ0) is 15.0. The van der Waals surface area contributed by atoms with E-state index in [1.165, 1.54) is 16.6 Å². The number of hydrogen-bond acceptors (Lipinski definition) is 4. The number of furan rings is 1. The summed E-state index contributed by atoms with van der Waals surface area (Å²) in [6, 6.07) is 5.86. The Kier molecular flexibility index (Phi) is 3.54. The minimum absolute atomic E-state index is 0.0941. The largest absolute Gasteiger partial charge is 0.465 e. The molecule has 0 unspecified atom stereocenters. The SMILES string of the molecule is Cc1ccc(CN(C2CC2)S(=O)(=O)c2ncccc2F)o1. The van der Waals surface area contributed by atoms with Gasteiger partial charge in [0.15, 0.2) is 5.82 Å². The van der Waals surface area contributed by atoms with Crippen LogP contribution in [0.25, 0.3) is 0 Å². The monoisotopic (exact) mass is 310 g/mol. The highest BCUT2D eigenvalue weighted by Gasteiger charge is 2.40. The zero-order valence-corrected chi connectivity index (χ0v) is 12.3. The Morgan fingerprint density at radius 3 is 2.71 bits per heavy atom. The van der Waals surface area contributed by atoms with Gasteiger partial charge in [0, 0.05) is 12.2 Å². The first-order valence-corrected chi connectivity index (χ1v) is 8.10. The molecule has 0 atom stereocenters. The zero-order valence-electron chi connectivity index (χ0n) is 11.5. The highest BCUT2D eigenvalue weighted by Crippen LogP contribution is 2.33. The van der Waals surface area contributed by atoms with Gasteiger partial charge in [-0.05, 0) is 44.0 Å². The fourth-order valence-corrected chi connectivity index (χ4v) is 3.80. The molecule has 3 rings (SSSR count). The molecule has 0 N–H and O–H groups in total. The van der Waals surface area contributed by atoms with E-state index in [0.29, 0.717) is 11.5 Å². The van der Waals surface area contributed by atoms with E-state index in [9.17, 15) is 12.8 Å². The van der Waals surface area contributed by atoms with Crippen LogP contribution in [0.1, 0.15) is 24.4 Å². The van der Waals surface area contributed by atoms with Crippen LogP contribution in [0.2, 0.25) is 0 Å². The van der Waals surface area contributed by atoms with E-state index < -0.39 is 20.9 Å². The standard InChI is InChI=1S/C14H15FN2O3S/c1-10-4-7-12(20-10)9-17(11-5-6-11)21(18,19)14-13(15)3-2-8-16-14/h2-4,7-8,11H,5-6,9H2,1H3. The Hall–Kier alpha value is -1.73. The topological polar surface area (TPSA) is 63.4 Å². The van der Waals surface area contributed by atoms with Crippen LogP contribution < -0.4 is 0 Å². The summed E-state index contributed by atoms with van der Waals surface area (Å²) in [6.45, 7) is 1.88. The molecule has 1 fully saturated rings. The molecule has 1 saturated carbocycles. The molecule has 0 saturated heterocycles. The molecule has 0 bridgehead atoms. The number of sulfonamides is 1. The highest BCUT2D eigenvalue weighted by atomic mass is 32.2. The molecule has 1 aliphatic rings. The molecule has 0 radical (unpaired) electrons. The van der Waals surface area contributed by atoms with Crippen LogP contribution in [0.15, 0.2) is 39.9 Å². The van der Waals surface area contributed by atoms with Gasteiger partial charge >= 0.3 is 0 Å². The molecular weight excluding hydrogens is 295 g/mol. The molecular formula is C14H15FN2O3S. The van der Waals surface area contributed by atoms with Gasteiger partial charge in [-0.2, -0.15) is 4.31 Å². The summed E-state index contributed by atoms with van der Waals surface area (Å²) in [4.78, 5) is 3.69. The second-order valence-electron chi connectivity index (χ2n) is 5.08. The Balaban J connectivity index is 1.95. The first kappa shape index (κ1) is 14.2. The van der Waals surface area contributed by atoms with Crippen LogP contribution in [0.3, 0.4) is 0 Å². The molecule has 0 aliphatic heterocycles. The lowest BCUT2D eigenvalue weighted by molar-refractivity contribution is 0.348. The molecule has 5 nitrogen and oxygen atoms in total. The molecule has 21 heavy (non-hydrogen) atoms. The van der Waals surface area contributed by atoms with E-state index in [-0.39, 0.29) is 12.6 Å². The Morgan fingerprint density at radius 2 is 2.14 bits per heavy atom. The van der Waals surface area contributed by atoms with Crippen LogP contribution in [-0.4, -0.2) is 23.7 Å². The maximum Gasteiger partial charge on any atom is 0.264 e. The minimum Gasteiger partial charge on any atom is -0.465 e. The summed E-state index contributed by atoms with van der Waals surface area (Å²) in [6.07, 6.45) is 2.82. The summed E-state index contributed by atoms with van der Waals surface area (Å²) < 4.78 is 45.7. The number of rotatable bonds is 5. The van der Waals surface area contributed by atoms with Crippen molar-refractivity contribution in [2.45, 2.75) is 37.4 Å². The molecule has 7 heteroatoms. The second kappa shape index (κ2) is 5.23. The lowest BCUT2D eigenvalue weighted by Crippen LogP contribution is -2.33. The van der Waals surface area contributed by atoms with Gasteiger partial charge in [-0.3, -0.25) is 0 Å². The summed E-state index contributed by atoms with van der Waals surface area (Å²) in [5.74, 6) is 0.417. The maximum absolute atomic E-state index is 13.8. The third-order valence-corrected chi connectivity index (χ3v) is 5.17. The second-order valence-corrected chi connectivity index (χ2v) is 6.89. The van der Waals surface area contributed by atoms with Crippen LogP contribution in [0.5, 0.6) is 0 Å². The van der Waals surface area contributed by atoms with E-state index in [0.717, 1.165) is 18.9 Å². The van der Waals surface area contributed by atoms with Crippen molar-refractivity contribution in [2.24, 2.45) is 0 Å². The molecule has 2 aromatic rings. The average Bonchev–Trinajstić information content (AvgIpc) is 3.19. The molecule has 0 spiro atoms. The van der Waals surface area contributed by atoms with Gasteiger partial charge in [0.2, 0.25) is 5.03 Å². The number of aromatic nitrogens is 1. The number of pyridine rings is 1. The van der Waals surface area contributed by atoms with E-state index in [1.807, 2.05) is 0 Å². The fourth-order valence-electron chi connectivity index (χ4n) is 2.17. The van der Waals surface area contributed by atoms with Crippen molar-refractivity contribution < 1.29 is 17.2 Å². The maximum atomic E-state index is 13.8. The third-order valence-electron chi connectivity index (χ3n) is 3.34. The van der Waals surface area contributed by atoms with Crippen molar-refractivity contribution in [3.8, 4) is 0 Å². The summed E-state index contributed by atoms with van der Waals surface area (Å²) in [7, 11) is -3.97. The molecule has 2 aromatic heterocycles. The van der Waals surface area contributed by atoms with Gasteiger partial charge in [-0.25, -0.2) is 17.8 Å². The van der Waals surface area contributed by atoms with Gasteiger partial charge < -0.3 is 4.42 Å². The summed E-state index contributed by atoms with van der Waals surface area (Å²) in [5.41, 5.74) is 0. The predicted octanol–water partition coefficient (Wildman–Crippen LogP) is 2.48.